The van der Waals surface area contributed by atoms with Crippen LogP contribution in [-0.2, 0) is 10.5 Å². The van der Waals surface area contributed by atoms with Crippen LogP contribution in [0.1, 0.15) is 30.2 Å². The number of nitrogens with zero attached hydrogens (tertiary/aromatic N) is 1. The van der Waals surface area contributed by atoms with Gasteiger partial charge in [0.1, 0.15) is 0 Å². The molecule has 2 rings (SSSR count). The van der Waals surface area contributed by atoms with Gasteiger partial charge in [0.05, 0.1) is 11.8 Å². The first kappa shape index (κ1) is 12.7. The molecule has 2 atom stereocenters. The Balaban J connectivity index is 2.02. The SMILES string of the molecule is Cc1cnc(CSC2CCOC2C)c(C)c1N. The maximum Gasteiger partial charge on any atom is 0.0666 e. The molecule has 0 saturated carbocycles. The molecule has 1 fully saturated rings. The normalized spacial score (nSPS) is 24.2. The molecule has 1 aliphatic heterocycles. The van der Waals surface area contributed by atoms with E-state index in [2.05, 4.69) is 18.8 Å². The molecule has 17 heavy (non-hydrogen) atoms. The molecule has 2 unspecified atom stereocenters. The molecule has 3 nitrogen and oxygen atoms in total. The smallest absolute Gasteiger partial charge is 0.0666 e. The van der Waals surface area contributed by atoms with E-state index in [4.69, 9.17) is 10.5 Å². The fourth-order valence-electron chi connectivity index (χ4n) is 2.05. The van der Waals surface area contributed by atoms with Crippen LogP contribution in [-0.4, -0.2) is 22.9 Å². The zero-order valence-corrected chi connectivity index (χ0v) is 11.5. The molecule has 4 heteroatoms. The van der Waals surface area contributed by atoms with Crippen molar-refractivity contribution >= 4 is 17.4 Å². The first-order valence-corrected chi connectivity index (χ1v) is 7.08. The van der Waals surface area contributed by atoms with Gasteiger partial charge in [0, 0.05) is 29.5 Å². The van der Waals surface area contributed by atoms with Crippen molar-refractivity contribution in [2.75, 3.05) is 12.3 Å². The summed E-state index contributed by atoms with van der Waals surface area (Å²) in [5.74, 6) is 0.925. The summed E-state index contributed by atoms with van der Waals surface area (Å²) in [5.41, 5.74) is 10.2. The third-order valence-corrected chi connectivity index (χ3v) is 4.90. The molecule has 2 N–H and O–H groups in total. The molecular formula is C13H20N2OS. The quantitative estimate of drug-likeness (QED) is 0.898. The van der Waals surface area contributed by atoms with E-state index in [-0.39, 0.29) is 0 Å². The minimum atomic E-state index is 0.364. The molecule has 0 amide bonds. The number of nitrogen functional groups attached to an aromatic ring is 1. The molecule has 1 aliphatic rings. The highest BCUT2D eigenvalue weighted by Crippen LogP contribution is 2.30. The topological polar surface area (TPSA) is 48.1 Å². The van der Waals surface area contributed by atoms with Crippen molar-refractivity contribution in [1.29, 1.82) is 0 Å². The minimum Gasteiger partial charge on any atom is -0.398 e. The first-order valence-electron chi connectivity index (χ1n) is 6.03. The van der Waals surface area contributed by atoms with Crippen LogP contribution in [0.25, 0.3) is 0 Å². The maximum absolute atomic E-state index is 6.02. The van der Waals surface area contributed by atoms with E-state index in [9.17, 15) is 0 Å². The average molecular weight is 252 g/mol. The van der Waals surface area contributed by atoms with E-state index in [0.29, 0.717) is 11.4 Å². The summed E-state index contributed by atoms with van der Waals surface area (Å²) in [6.07, 6.45) is 3.38. The van der Waals surface area contributed by atoms with E-state index in [1.807, 2.05) is 24.9 Å². The highest BCUT2D eigenvalue weighted by molar-refractivity contribution is 7.99. The summed E-state index contributed by atoms with van der Waals surface area (Å²) in [5, 5.41) is 0.596. The van der Waals surface area contributed by atoms with Gasteiger partial charge in [0.2, 0.25) is 0 Å². The van der Waals surface area contributed by atoms with Crippen LogP contribution in [0.15, 0.2) is 6.20 Å². The van der Waals surface area contributed by atoms with Gasteiger partial charge in [-0.15, -0.1) is 11.8 Å². The van der Waals surface area contributed by atoms with E-state index < -0.39 is 0 Å². The minimum absolute atomic E-state index is 0.364. The third-order valence-electron chi connectivity index (χ3n) is 3.42. The highest BCUT2D eigenvalue weighted by atomic mass is 32.2. The number of anilines is 1. The Bertz CT molecular complexity index is 409. The Morgan fingerprint density at radius 1 is 1.53 bits per heavy atom. The molecule has 0 spiro atoms. The lowest BCUT2D eigenvalue weighted by molar-refractivity contribution is 0.127. The maximum atomic E-state index is 6.02. The van der Waals surface area contributed by atoms with Crippen molar-refractivity contribution < 1.29 is 4.74 Å². The van der Waals surface area contributed by atoms with Crippen LogP contribution in [0.3, 0.4) is 0 Å². The Labute approximate surface area is 107 Å². The average Bonchev–Trinajstić information content (AvgIpc) is 2.71. The summed E-state index contributed by atoms with van der Waals surface area (Å²) in [6.45, 7) is 7.09. The number of hydrogen-bond acceptors (Lipinski definition) is 4. The van der Waals surface area contributed by atoms with Crippen LogP contribution < -0.4 is 5.73 Å². The Hall–Kier alpha value is -0.740. The molecule has 0 radical (unpaired) electrons. The van der Waals surface area contributed by atoms with Crippen molar-refractivity contribution in [2.24, 2.45) is 0 Å². The van der Waals surface area contributed by atoms with Crippen LogP contribution in [0, 0.1) is 13.8 Å². The second kappa shape index (κ2) is 5.27. The van der Waals surface area contributed by atoms with Crippen LogP contribution in [0.5, 0.6) is 0 Å². The summed E-state index contributed by atoms with van der Waals surface area (Å²) >= 11 is 1.93. The molecule has 0 aromatic carbocycles. The highest BCUT2D eigenvalue weighted by Gasteiger charge is 2.24. The molecular weight excluding hydrogens is 232 g/mol. The van der Waals surface area contributed by atoms with Gasteiger partial charge in [-0.1, -0.05) is 0 Å². The number of aromatic nitrogens is 1. The third kappa shape index (κ3) is 2.75. The number of hydrogen-bond donors (Lipinski definition) is 1. The van der Waals surface area contributed by atoms with Crippen molar-refractivity contribution in [2.45, 2.75) is 44.3 Å². The lowest BCUT2D eigenvalue weighted by Gasteiger charge is -2.15. The predicted molar refractivity (Wildman–Crippen MR) is 73.2 cm³/mol. The molecule has 94 valence electrons. The Kier molecular flexibility index (Phi) is 3.94. The van der Waals surface area contributed by atoms with Gasteiger partial charge in [-0.25, -0.2) is 0 Å². The van der Waals surface area contributed by atoms with E-state index in [1.165, 1.54) is 0 Å². The zero-order chi connectivity index (χ0) is 12.4. The van der Waals surface area contributed by atoms with Gasteiger partial charge in [-0.3, -0.25) is 4.98 Å². The number of thioether (sulfide) groups is 1. The van der Waals surface area contributed by atoms with Crippen molar-refractivity contribution in [1.82, 2.24) is 4.98 Å². The van der Waals surface area contributed by atoms with Gasteiger partial charge >= 0.3 is 0 Å². The lowest BCUT2D eigenvalue weighted by Crippen LogP contribution is -2.14. The van der Waals surface area contributed by atoms with Gasteiger partial charge < -0.3 is 10.5 Å². The Morgan fingerprint density at radius 2 is 2.29 bits per heavy atom. The van der Waals surface area contributed by atoms with Gasteiger partial charge in [-0.05, 0) is 38.3 Å². The van der Waals surface area contributed by atoms with Crippen molar-refractivity contribution in [3.8, 4) is 0 Å². The zero-order valence-electron chi connectivity index (χ0n) is 10.7. The van der Waals surface area contributed by atoms with Gasteiger partial charge in [0.15, 0.2) is 0 Å². The molecule has 1 saturated heterocycles. The lowest BCUT2D eigenvalue weighted by atomic mass is 10.1. The molecule has 0 aliphatic carbocycles. The van der Waals surface area contributed by atoms with Crippen LogP contribution in [0.4, 0.5) is 5.69 Å². The first-order chi connectivity index (χ1) is 8.09. The van der Waals surface area contributed by atoms with Gasteiger partial charge in [0.25, 0.3) is 0 Å². The van der Waals surface area contributed by atoms with E-state index >= 15 is 0 Å². The van der Waals surface area contributed by atoms with Crippen LogP contribution in [0.2, 0.25) is 0 Å². The fourth-order valence-corrected chi connectivity index (χ4v) is 3.33. The number of ether oxygens (including phenoxy) is 1. The second-order valence-electron chi connectivity index (χ2n) is 4.64. The summed E-state index contributed by atoms with van der Waals surface area (Å²) in [7, 11) is 0. The van der Waals surface area contributed by atoms with Gasteiger partial charge in [-0.2, -0.15) is 0 Å². The molecule has 0 bridgehead atoms. The summed E-state index contributed by atoms with van der Waals surface area (Å²) in [4.78, 5) is 4.48. The largest absolute Gasteiger partial charge is 0.398 e. The molecule has 1 aromatic heterocycles. The summed E-state index contributed by atoms with van der Waals surface area (Å²) in [6, 6.07) is 0. The monoisotopic (exact) mass is 252 g/mol. The predicted octanol–water partition coefficient (Wildman–Crippen LogP) is 2.69. The fraction of sp³-hybridized carbons (Fsp3) is 0.615. The molecule has 2 heterocycles. The Morgan fingerprint density at radius 3 is 2.94 bits per heavy atom. The van der Waals surface area contributed by atoms with E-state index in [1.54, 1.807) is 0 Å². The van der Waals surface area contributed by atoms with Crippen molar-refractivity contribution in [3.05, 3.63) is 23.0 Å². The number of rotatable bonds is 3. The van der Waals surface area contributed by atoms with E-state index in [0.717, 1.165) is 41.3 Å². The molecule has 1 aromatic rings. The van der Waals surface area contributed by atoms with Crippen LogP contribution >= 0.6 is 11.8 Å². The number of nitrogens with two attached hydrogens (primary N) is 1. The number of aryl methyl sites for hydroxylation is 1. The standard InChI is InChI=1S/C13H20N2OS/c1-8-6-15-11(9(2)13(8)14)7-17-12-4-5-16-10(12)3/h6,10,12H,4-5,7H2,1-3H3,(H2,14,15). The van der Waals surface area contributed by atoms with Crippen molar-refractivity contribution in [3.63, 3.8) is 0 Å². The summed E-state index contributed by atoms with van der Waals surface area (Å²) < 4.78 is 5.56. The number of pyridine rings is 1. The second-order valence-corrected chi connectivity index (χ2v) is 5.87.